The molecule has 3 heteroatoms. The lowest BCUT2D eigenvalue weighted by Gasteiger charge is -2.58. The topological polar surface area (TPSA) is 26.3 Å². The maximum absolute atomic E-state index is 13.7. The van der Waals surface area contributed by atoms with Crippen molar-refractivity contribution >= 4 is 14.1 Å². The van der Waals surface area contributed by atoms with Crippen LogP contribution < -0.4 is 0 Å². The third-order valence-corrected chi connectivity index (χ3v) is 11.7. The molecule has 0 aromatic carbocycles. The number of rotatable bonds is 7. The van der Waals surface area contributed by atoms with Crippen molar-refractivity contribution in [3.8, 4) is 0 Å². The Morgan fingerprint density at radius 2 is 1.73 bits per heavy atom. The van der Waals surface area contributed by atoms with E-state index < -0.39 is 8.32 Å². The number of fused-ring (bicyclic) bond motifs is 5. The molecule has 0 bridgehead atoms. The molecule has 2 nitrogen and oxygen atoms in total. The van der Waals surface area contributed by atoms with Gasteiger partial charge >= 0.3 is 0 Å². The van der Waals surface area contributed by atoms with E-state index in [1.807, 2.05) is 0 Å². The minimum Gasteiger partial charge on any atom is -0.414 e. The van der Waals surface area contributed by atoms with E-state index in [0.29, 0.717) is 29.1 Å². The predicted octanol–water partition coefficient (Wildman–Crippen LogP) is 8.43. The third kappa shape index (κ3) is 4.84. The Kier molecular flexibility index (Phi) is 7.18. The molecule has 0 aromatic rings. The van der Waals surface area contributed by atoms with Crippen LogP contribution in [0.2, 0.25) is 19.6 Å². The number of carbonyl (C=O) groups excluding carboxylic acids is 1. The van der Waals surface area contributed by atoms with Crippen molar-refractivity contribution in [3.63, 3.8) is 0 Å². The summed E-state index contributed by atoms with van der Waals surface area (Å²) in [5.41, 5.74) is 2.03. The van der Waals surface area contributed by atoms with E-state index in [4.69, 9.17) is 4.43 Å². The van der Waals surface area contributed by atoms with Gasteiger partial charge in [-0.1, -0.05) is 59.5 Å². The first-order valence-corrected chi connectivity index (χ1v) is 17.7. The van der Waals surface area contributed by atoms with E-state index in [-0.39, 0.29) is 11.3 Å². The molecule has 0 radical (unpaired) electrons. The molecular weight excluding hydrogens is 420 g/mol. The van der Waals surface area contributed by atoms with Gasteiger partial charge in [-0.05, 0) is 111 Å². The molecule has 3 fully saturated rings. The highest BCUT2D eigenvalue weighted by Gasteiger charge is 2.61. The Labute approximate surface area is 205 Å². The molecule has 0 aliphatic heterocycles. The molecule has 8 unspecified atom stereocenters. The zero-order chi connectivity index (χ0) is 24.2. The summed E-state index contributed by atoms with van der Waals surface area (Å²) in [6.07, 6.45) is 15.1. The van der Waals surface area contributed by atoms with E-state index in [1.165, 1.54) is 63.4 Å². The van der Waals surface area contributed by atoms with E-state index in [9.17, 15) is 4.79 Å². The van der Waals surface area contributed by atoms with Crippen LogP contribution in [0.1, 0.15) is 98.8 Å². The first-order chi connectivity index (χ1) is 15.3. The van der Waals surface area contributed by atoms with Gasteiger partial charge < -0.3 is 4.43 Å². The van der Waals surface area contributed by atoms with Gasteiger partial charge in [-0.3, -0.25) is 4.79 Å². The van der Waals surface area contributed by atoms with Crippen LogP contribution in [0.5, 0.6) is 0 Å². The first-order valence-electron chi connectivity index (χ1n) is 14.3. The molecule has 4 rings (SSSR count). The number of carbonyl (C=O) groups is 1. The zero-order valence-corrected chi connectivity index (χ0v) is 24.0. The molecule has 8 atom stereocenters. The normalized spacial score (nSPS) is 41.9. The van der Waals surface area contributed by atoms with Gasteiger partial charge in [0.2, 0.25) is 0 Å². The lowest BCUT2D eigenvalue weighted by Crippen LogP contribution is -2.54. The monoisotopic (exact) mass is 472 g/mol. The Morgan fingerprint density at radius 3 is 2.39 bits per heavy atom. The second kappa shape index (κ2) is 9.23. The lowest BCUT2D eigenvalue weighted by atomic mass is 9.46. The summed E-state index contributed by atoms with van der Waals surface area (Å²) >= 11 is 0. The minimum atomic E-state index is -1.55. The van der Waals surface area contributed by atoms with Crippen LogP contribution >= 0.6 is 0 Å². The van der Waals surface area contributed by atoms with Crippen molar-refractivity contribution in [2.75, 3.05) is 0 Å². The van der Waals surface area contributed by atoms with Crippen LogP contribution in [0.15, 0.2) is 11.6 Å². The summed E-state index contributed by atoms with van der Waals surface area (Å²) in [4.78, 5) is 13.7. The number of hydrogen-bond acceptors (Lipinski definition) is 2. The maximum atomic E-state index is 13.7. The fraction of sp³-hybridized carbons (Fsp3) is 0.900. The first kappa shape index (κ1) is 25.7. The van der Waals surface area contributed by atoms with Crippen LogP contribution in [0.25, 0.3) is 0 Å². The molecule has 0 heterocycles. The highest BCUT2D eigenvalue weighted by molar-refractivity contribution is 6.69. The number of hydrogen-bond donors (Lipinski definition) is 0. The van der Waals surface area contributed by atoms with Crippen molar-refractivity contribution in [1.29, 1.82) is 0 Å². The maximum Gasteiger partial charge on any atom is 0.184 e. The Morgan fingerprint density at radius 1 is 1.00 bits per heavy atom. The Bertz CT molecular complexity index is 764. The van der Waals surface area contributed by atoms with Crippen molar-refractivity contribution in [2.45, 2.75) is 125 Å². The summed E-state index contributed by atoms with van der Waals surface area (Å²) in [6, 6.07) is 0. The highest BCUT2D eigenvalue weighted by atomic mass is 28.4. The van der Waals surface area contributed by atoms with Crippen LogP contribution in [-0.2, 0) is 9.22 Å². The fourth-order valence-electron chi connectivity index (χ4n) is 8.99. The molecule has 188 valence electrons. The van der Waals surface area contributed by atoms with Gasteiger partial charge in [0.05, 0.1) is 0 Å². The van der Waals surface area contributed by atoms with Gasteiger partial charge in [-0.2, -0.15) is 0 Å². The summed E-state index contributed by atoms with van der Waals surface area (Å²) in [6.45, 7) is 19.2. The lowest BCUT2D eigenvalue weighted by molar-refractivity contribution is -0.135. The smallest absolute Gasteiger partial charge is 0.184 e. The van der Waals surface area contributed by atoms with Gasteiger partial charge in [0.1, 0.15) is 0 Å². The van der Waals surface area contributed by atoms with E-state index in [2.05, 4.69) is 60.3 Å². The molecule has 0 saturated heterocycles. The van der Waals surface area contributed by atoms with Crippen LogP contribution in [0, 0.1) is 46.3 Å². The molecule has 4 aliphatic carbocycles. The summed E-state index contributed by atoms with van der Waals surface area (Å²) < 4.78 is 6.50. The Hall–Kier alpha value is -0.413. The molecule has 0 spiro atoms. The third-order valence-electron chi connectivity index (χ3n) is 10.6. The van der Waals surface area contributed by atoms with Crippen LogP contribution in [-0.4, -0.2) is 20.2 Å². The standard InChI is InChI=1S/C30H52O2Si/c1-20(2)10-9-11-21(3)24-12-13-25-28-26(15-17-30(24,25)5)29(4)16-14-23(32-33(6,7)8)18-22(29)19-27(28)31/h19-21,23-26,28H,9-18H2,1-8H3. The second-order valence-corrected chi connectivity index (χ2v) is 18.8. The predicted molar refractivity (Wildman–Crippen MR) is 142 cm³/mol. The van der Waals surface area contributed by atoms with Crippen molar-refractivity contribution in [1.82, 2.24) is 0 Å². The van der Waals surface area contributed by atoms with Gasteiger partial charge in [0.25, 0.3) is 0 Å². The molecule has 4 aliphatic rings. The fourth-order valence-corrected chi connectivity index (χ4v) is 10.2. The number of ketones is 1. The van der Waals surface area contributed by atoms with E-state index >= 15 is 0 Å². The van der Waals surface area contributed by atoms with Gasteiger partial charge in [-0.25, -0.2) is 0 Å². The number of allylic oxidation sites excluding steroid dienone is 1. The zero-order valence-electron chi connectivity index (χ0n) is 23.0. The van der Waals surface area contributed by atoms with E-state index in [0.717, 1.165) is 24.2 Å². The van der Waals surface area contributed by atoms with E-state index in [1.54, 1.807) is 0 Å². The van der Waals surface area contributed by atoms with Crippen LogP contribution in [0.4, 0.5) is 0 Å². The minimum absolute atomic E-state index is 0.222. The SMILES string of the molecule is CC(C)CCCC(C)C1CCC2C3C(=O)C=C4CC(O[Si](C)(C)C)CCC4(C)C3CCC12C. The molecule has 0 aromatic heterocycles. The average molecular weight is 473 g/mol. The molecular formula is C30H52O2Si. The summed E-state index contributed by atoms with van der Waals surface area (Å²) in [5, 5.41) is 0. The summed E-state index contributed by atoms with van der Waals surface area (Å²) in [7, 11) is -1.55. The molecule has 3 saturated carbocycles. The molecule has 33 heavy (non-hydrogen) atoms. The van der Waals surface area contributed by atoms with Gasteiger partial charge in [0, 0.05) is 12.0 Å². The highest BCUT2D eigenvalue weighted by Crippen LogP contribution is 2.66. The average Bonchev–Trinajstić information content (AvgIpc) is 3.05. The van der Waals surface area contributed by atoms with Crippen molar-refractivity contribution in [3.05, 3.63) is 11.6 Å². The summed E-state index contributed by atoms with van der Waals surface area (Å²) in [5.74, 6) is 4.34. The van der Waals surface area contributed by atoms with Crippen molar-refractivity contribution in [2.24, 2.45) is 46.3 Å². The Balaban J connectivity index is 1.51. The quantitative estimate of drug-likeness (QED) is 0.347. The van der Waals surface area contributed by atoms with Crippen molar-refractivity contribution < 1.29 is 9.22 Å². The van der Waals surface area contributed by atoms with Gasteiger partial charge in [-0.15, -0.1) is 0 Å². The van der Waals surface area contributed by atoms with Crippen LogP contribution in [0.3, 0.4) is 0 Å². The molecule has 0 N–H and O–H groups in total. The molecule has 0 amide bonds. The largest absolute Gasteiger partial charge is 0.414 e. The van der Waals surface area contributed by atoms with Gasteiger partial charge in [0.15, 0.2) is 14.1 Å². The second-order valence-electron chi connectivity index (χ2n) is 14.4.